The molecule has 20 heavy (non-hydrogen) atoms. The fourth-order valence-electron chi connectivity index (χ4n) is 3.77. The molecule has 2 rings (SSSR count). The summed E-state index contributed by atoms with van der Waals surface area (Å²) in [6, 6.07) is 7.68. The number of aryl methyl sites for hydroxylation is 2. The summed E-state index contributed by atoms with van der Waals surface area (Å²) in [6.45, 7) is 4.54. The van der Waals surface area contributed by atoms with Gasteiger partial charge in [-0.25, -0.2) is 0 Å². The Kier molecular flexibility index (Phi) is 6.09. The molecule has 0 heterocycles. The largest absolute Gasteiger partial charge is 0.313 e. The molecule has 1 aliphatic carbocycles. The molecular weight excluding hydrogens is 242 g/mol. The van der Waals surface area contributed by atoms with Gasteiger partial charge in [0, 0.05) is 6.04 Å². The van der Waals surface area contributed by atoms with E-state index in [9.17, 15) is 0 Å². The van der Waals surface area contributed by atoms with Crippen LogP contribution in [0.5, 0.6) is 0 Å². The van der Waals surface area contributed by atoms with E-state index < -0.39 is 0 Å². The summed E-state index contributed by atoms with van der Waals surface area (Å²) < 4.78 is 0. The molecule has 1 N–H and O–H groups in total. The third-order valence-electron chi connectivity index (χ3n) is 5.02. The summed E-state index contributed by atoms with van der Waals surface area (Å²) >= 11 is 0. The van der Waals surface area contributed by atoms with Crippen molar-refractivity contribution in [3.63, 3.8) is 0 Å². The summed E-state index contributed by atoms with van der Waals surface area (Å²) in [6.07, 6.45) is 10.8. The van der Waals surface area contributed by atoms with Gasteiger partial charge in [-0.15, -0.1) is 0 Å². The summed E-state index contributed by atoms with van der Waals surface area (Å²) in [7, 11) is 2.15. The van der Waals surface area contributed by atoms with Crippen LogP contribution in [-0.4, -0.2) is 7.05 Å². The second-order valence-corrected chi connectivity index (χ2v) is 6.26. The van der Waals surface area contributed by atoms with Crippen LogP contribution >= 0.6 is 0 Å². The molecule has 0 saturated heterocycles. The Morgan fingerprint density at radius 3 is 2.30 bits per heavy atom. The van der Waals surface area contributed by atoms with Crippen LogP contribution < -0.4 is 5.32 Å². The SMILES string of the molecule is CCc1ccc(CC)c(C(NC)C2CCCCCC2)c1. The van der Waals surface area contributed by atoms with Crippen molar-refractivity contribution < 1.29 is 0 Å². The predicted molar refractivity (Wildman–Crippen MR) is 88.2 cm³/mol. The van der Waals surface area contributed by atoms with E-state index in [-0.39, 0.29) is 0 Å². The van der Waals surface area contributed by atoms with Gasteiger partial charge in [-0.2, -0.15) is 0 Å². The van der Waals surface area contributed by atoms with Crippen molar-refractivity contribution in [3.05, 3.63) is 34.9 Å². The van der Waals surface area contributed by atoms with Gasteiger partial charge in [0.2, 0.25) is 0 Å². The third kappa shape index (κ3) is 3.63. The number of rotatable bonds is 5. The molecule has 0 aliphatic heterocycles. The normalized spacial score (nSPS) is 18.8. The molecule has 0 spiro atoms. The van der Waals surface area contributed by atoms with E-state index in [1.165, 1.54) is 49.7 Å². The Morgan fingerprint density at radius 2 is 1.75 bits per heavy atom. The van der Waals surface area contributed by atoms with Gasteiger partial charge in [-0.05, 0) is 55.3 Å². The first kappa shape index (κ1) is 15.6. The molecule has 1 heteroatoms. The molecule has 0 bridgehead atoms. The highest BCUT2D eigenvalue weighted by Crippen LogP contribution is 2.35. The lowest BCUT2D eigenvalue weighted by atomic mass is 9.84. The fraction of sp³-hybridized carbons (Fsp3) is 0.684. The van der Waals surface area contributed by atoms with E-state index >= 15 is 0 Å². The number of benzene rings is 1. The van der Waals surface area contributed by atoms with Crippen LogP contribution in [0.3, 0.4) is 0 Å². The maximum Gasteiger partial charge on any atom is 0.0348 e. The van der Waals surface area contributed by atoms with Crippen molar-refractivity contribution in [2.24, 2.45) is 5.92 Å². The smallest absolute Gasteiger partial charge is 0.0348 e. The Bertz CT molecular complexity index is 402. The highest BCUT2D eigenvalue weighted by molar-refractivity contribution is 5.35. The monoisotopic (exact) mass is 273 g/mol. The maximum atomic E-state index is 3.64. The lowest BCUT2D eigenvalue weighted by Gasteiger charge is -2.28. The van der Waals surface area contributed by atoms with E-state index in [2.05, 4.69) is 44.4 Å². The van der Waals surface area contributed by atoms with Crippen molar-refractivity contribution >= 4 is 0 Å². The fourth-order valence-corrected chi connectivity index (χ4v) is 3.77. The molecule has 1 saturated carbocycles. The molecule has 1 nitrogen and oxygen atoms in total. The predicted octanol–water partition coefficient (Wildman–Crippen LogP) is 5.04. The first-order valence-corrected chi connectivity index (χ1v) is 8.59. The third-order valence-corrected chi connectivity index (χ3v) is 5.02. The zero-order chi connectivity index (χ0) is 14.4. The molecule has 1 unspecified atom stereocenters. The number of hydrogen-bond donors (Lipinski definition) is 1. The van der Waals surface area contributed by atoms with Crippen LogP contribution in [0.25, 0.3) is 0 Å². The van der Waals surface area contributed by atoms with Crippen molar-refractivity contribution in [1.29, 1.82) is 0 Å². The highest BCUT2D eigenvalue weighted by Gasteiger charge is 2.24. The summed E-state index contributed by atoms with van der Waals surface area (Å²) in [5, 5.41) is 3.64. The average Bonchev–Trinajstić information content (AvgIpc) is 2.77. The van der Waals surface area contributed by atoms with E-state index in [4.69, 9.17) is 0 Å². The molecule has 0 amide bonds. The molecule has 112 valence electrons. The maximum absolute atomic E-state index is 3.64. The van der Waals surface area contributed by atoms with E-state index in [1.807, 2.05) is 0 Å². The Labute approximate surface area is 125 Å². The first-order chi connectivity index (χ1) is 9.80. The summed E-state index contributed by atoms with van der Waals surface area (Å²) in [5.74, 6) is 0.819. The molecule has 1 fully saturated rings. The molecule has 0 aromatic heterocycles. The first-order valence-electron chi connectivity index (χ1n) is 8.59. The minimum Gasteiger partial charge on any atom is -0.313 e. The second-order valence-electron chi connectivity index (χ2n) is 6.26. The highest BCUT2D eigenvalue weighted by atomic mass is 14.9. The molecule has 1 atom stereocenters. The topological polar surface area (TPSA) is 12.0 Å². The van der Waals surface area contributed by atoms with Crippen LogP contribution in [-0.2, 0) is 12.8 Å². The molecule has 1 aromatic carbocycles. The van der Waals surface area contributed by atoms with E-state index in [0.29, 0.717) is 6.04 Å². The summed E-state index contributed by atoms with van der Waals surface area (Å²) in [5.41, 5.74) is 4.58. The van der Waals surface area contributed by atoms with Crippen LogP contribution in [0, 0.1) is 5.92 Å². The van der Waals surface area contributed by atoms with Crippen molar-refractivity contribution in [2.45, 2.75) is 71.3 Å². The van der Waals surface area contributed by atoms with Crippen LogP contribution in [0.15, 0.2) is 18.2 Å². The van der Waals surface area contributed by atoms with Gasteiger partial charge in [0.1, 0.15) is 0 Å². The minimum atomic E-state index is 0.551. The lowest BCUT2D eigenvalue weighted by molar-refractivity contribution is 0.340. The van der Waals surface area contributed by atoms with E-state index in [0.717, 1.165) is 18.8 Å². The van der Waals surface area contributed by atoms with Crippen molar-refractivity contribution in [1.82, 2.24) is 5.32 Å². The van der Waals surface area contributed by atoms with Gasteiger partial charge in [0.15, 0.2) is 0 Å². The van der Waals surface area contributed by atoms with Gasteiger partial charge in [0.25, 0.3) is 0 Å². The van der Waals surface area contributed by atoms with E-state index in [1.54, 1.807) is 5.56 Å². The molecule has 1 aliphatic rings. The average molecular weight is 273 g/mol. The quantitative estimate of drug-likeness (QED) is 0.741. The van der Waals surface area contributed by atoms with Gasteiger partial charge in [-0.1, -0.05) is 57.7 Å². The number of nitrogens with one attached hydrogen (secondary N) is 1. The van der Waals surface area contributed by atoms with Crippen molar-refractivity contribution in [2.75, 3.05) is 7.05 Å². The summed E-state index contributed by atoms with van der Waals surface area (Å²) in [4.78, 5) is 0. The van der Waals surface area contributed by atoms with Crippen LogP contribution in [0.2, 0.25) is 0 Å². The Morgan fingerprint density at radius 1 is 1.05 bits per heavy atom. The standard InChI is InChI=1S/C19H31N/c1-4-15-12-13-16(5-2)18(14-15)19(20-3)17-10-8-6-7-9-11-17/h12-14,17,19-20H,4-11H2,1-3H3. The van der Waals surface area contributed by atoms with Gasteiger partial charge in [-0.3, -0.25) is 0 Å². The van der Waals surface area contributed by atoms with Gasteiger partial charge >= 0.3 is 0 Å². The zero-order valence-electron chi connectivity index (χ0n) is 13.5. The van der Waals surface area contributed by atoms with Crippen LogP contribution in [0.4, 0.5) is 0 Å². The van der Waals surface area contributed by atoms with Gasteiger partial charge in [0.05, 0.1) is 0 Å². The molecule has 0 radical (unpaired) electrons. The minimum absolute atomic E-state index is 0.551. The lowest BCUT2D eigenvalue weighted by Crippen LogP contribution is -2.26. The Hall–Kier alpha value is -0.820. The van der Waals surface area contributed by atoms with Crippen molar-refractivity contribution in [3.8, 4) is 0 Å². The number of hydrogen-bond acceptors (Lipinski definition) is 1. The zero-order valence-corrected chi connectivity index (χ0v) is 13.5. The molecular formula is C19H31N. The van der Waals surface area contributed by atoms with Crippen LogP contribution in [0.1, 0.15) is 75.1 Å². The van der Waals surface area contributed by atoms with Gasteiger partial charge < -0.3 is 5.32 Å². The Balaban J connectivity index is 2.28. The second kappa shape index (κ2) is 7.83. The molecule has 1 aromatic rings.